The third-order valence-electron chi connectivity index (χ3n) is 7.73. The van der Waals surface area contributed by atoms with Gasteiger partial charge in [0.2, 0.25) is 17.7 Å². The molecule has 8 nitrogen and oxygen atoms in total. The lowest BCUT2D eigenvalue weighted by Crippen LogP contribution is -2.70. The van der Waals surface area contributed by atoms with E-state index in [-0.39, 0.29) is 35.6 Å². The van der Waals surface area contributed by atoms with Gasteiger partial charge in [-0.3, -0.25) is 14.4 Å². The summed E-state index contributed by atoms with van der Waals surface area (Å²) in [5.74, 6) is -0.376. The summed E-state index contributed by atoms with van der Waals surface area (Å²) in [5.41, 5.74) is 3.84. The summed E-state index contributed by atoms with van der Waals surface area (Å²) in [6.07, 6.45) is 1.59. The number of nitrogens with one attached hydrogen (secondary N) is 1. The Bertz CT molecular complexity index is 1360. The molecule has 0 bridgehead atoms. The average Bonchev–Trinajstić information content (AvgIpc) is 2.95. The molecule has 3 atom stereocenters. The lowest BCUT2D eigenvalue weighted by molar-refractivity contribution is -0.167. The van der Waals surface area contributed by atoms with Crippen LogP contribution < -0.4 is 5.32 Å². The Kier molecular flexibility index (Phi) is 7.54. The molecule has 0 aliphatic carbocycles. The second-order valence-corrected chi connectivity index (χ2v) is 10.2. The quantitative estimate of drug-likeness (QED) is 0.417. The fourth-order valence-electron chi connectivity index (χ4n) is 5.64. The van der Waals surface area contributed by atoms with Gasteiger partial charge in [0.05, 0.1) is 0 Å². The van der Waals surface area contributed by atoms with E-state index >= 15 is 0 Å². The van der Waals surface area contributed by atoms with Crippen molar-refractivity contribution in [2.75, 3.05) is 6.54 Å². The number of aromatic hydroxyl groups is 2. The molecule has 2 aliphatic heterocycles. The molecular formula is C31H33N3O5. The number of phenolic OH excluding ortho intramolecular Hbond substituents is 2. The van der Waals surface area contributed by atoms with E-state index in [1.54, 1.807) is 53.4 Å². The number of benzene rings is 3. The highest BCUT2D eigenvalue weighted by Crippen LogP contribution is 2.32. The van der Waals surface area contributed by atoms with E-state index in [0.717, 1.165) is 22.3 Å². The normalized spacial score (nSPS) is 19.3. The van der Waals surface area contributed by atoms with Crippen LogP contribution in [-0.4, -0.2) is 62.4 Å². The van der Waals surface area contributed by atoms with Crippen LogP contribution in [0, 0.1) is 0 Å². The third-order valence-corrected chi connectivity index (χ3v) is 7.73. The van der Waals surface area contributed by atoms with Crippen molar-refractivity contribution in [2.24, 2.45) is 0 Å². The zero-order valence-corrected chi connectivity index (χ0v) is 21.9. The van der Waals surface area contributed by atoms with Crippen LogP contribution in [0.5, 0.6) is 11.5 Å². The summed E-state index contributed by atoms with van der Waals surface area (Å²) >= 11 is 0. The molecule has 3 amide bonds. The first-order valence-corrected chi connectivity index (χ1v) is 13.4. The average molecular weight is 528 g/mol. The Balaban J connectivity index is 1.41. The van der Waals surface area contributed by atoms with Crippen molar-refractivity contribution in [3.63, 3.8) is 0 Å². The Hall–Kier alpha value is -4.33. The van der Waals surface area contributed by atoms with Crippen molar-refractivity contribution in [1.29, 1.82) is 0 Å². The molecule has 0 radical (unpaired) electrons. The second-order valence-electron chi connectivity index (χ2n) is 10.2. The number of carbonyl (C=O) groups excluding carboxylic acids is 3. The third kappa shape index (κ3) is 5.46. The molecule has 0 aromatic heterocycles. The molecule has 0 saturated carbocycles. The van der Waals surface area contributed by atoms with Gasteiger partial charge in [-0.2, -0.15) is 0 Å². The summed E-state index contributed by atoms with van der Waals surface area (Å²) in [6, 6.07) is 19.0. The van der Waals surface area contributed by atoms with Gasteiger partial charge in [0.25, 0.3) is 0 Å². The van der Waals surface area contributed by atoms with Crippen LogP contribution in [-0.2, 0) is 40.2 Å². The highest BCUT2D eigenvalue weighted by Gasteiger charge is 2.50. The molecule has 8 heteroatoms. The number of hydrogen-bond donors (Lipinski definition) is 3. The predicted molar refractivity (Wildman–Crippen MR) is 146 cm³/mol. The van der Waals surface area contributed by atoms with Crippen LogP contribution in [0.25, 0.3) is 0 Å². The highest BCUT2D eigenvalue weighted by molar-refractivity contribution is 6.00. The predicted octanol–water partition coefficient (Wildman–Crippen LogP) is 2.94. The lowest BCUT2D eigenvalue weighted by Gasteiger charge is -2.49. The van der Waals surface area contributed by atoms with Gasteiger partial charge in [0.15, 0.2) is 0 Å². The summed E-state index contributed by atoms with van der Waals surface area (Å²) in [7, 11) is 0. The Labute approximate surface area is 227 Å². The fraction of sp³-hybridized carbons (Fsp3) is 0.323. The van der Waals surface area contributed by atoms with Gasteiger partial charge in [-0.1, -0.05) is 55.5 Å². The van der Waals surface area contributed by atoms with Gasteiger partial charge < -0.3 is 25.3 Å². The molecule has 3 N–H and O–H groups in total. The fourth-order valence-corrected chi connectivity index (χ4v) is 5.64. The summed E-state index contributed by atoms with van der Waals surface area (Å²) in [6.45, 7) is 2.57. The minimum absolute atomic E-state index is 0.119. The molecular weight excluding hydrogens is 494 g/mol. The van der Waals surface area contributed by atoms with Crippen molar-refractivity contribution in [3.05, 3.63) is 95.1 Å². The van der Waals surface area contributed by atoms with Gasteiger partial charge >= 0.3 is 0 Å². The van der Waals surface area contributed by atoms with Gasteiger partial charge in [0, 0.05) is 25.9 Å². The molecule has 3 unspecified atom stereocenters. The first-order chi connectivity index (χ1) is 18.9. The molecule has 3 aromatic carbocycles. The number of phenols is 2. The largest absolute Gasteiger partial charge is 0.508 e. The number of piperazine rings is 1. The molecule has 39 heavy (non-hydrogen) atoms. The Morgan fingerprint density at radius 3 is 2.15 bits per heavy atom. The van der Waals surface area contributed by atoms with E-state index in [2.05, 4.69) is 5.32 Å². The van der Waals surface area contributed by atoms with Crippen LogP contribution in [0.1, 0.15) is 35.6 Å². The number of hydrogen-bond acceptors (Lipinski definition) is 5. The Morgan fingerprint density at radius 1 is 0.897 bits per heavy atom. The van der Waals surface area contributed by atoms with E-state index in [0.29, 0.717) is 32.4 Å². The minimum Gasteiger partial charge on any atom is -0.508 e. The van der Waals surface area contributed by atoms with E-state index in [1.807, 2.05) is 31.2 Å². The number of amides is 3. The highest BCUT2D eigenvalue weighted by atomic mass is 16.3. The number of rotatable bonds is 8. The summed E-state index contributed by atoms with van der Waals surface area (Å²) in [4.78, 5) is 44.7. The Morgan fingerprint density at radius 2 is 1.51 bits per heavy atom. The van der Waals surface area contributed by atoms with Crippen molar-refractivity contribution < 1.29 is 24.6 Å². The van der Waals surface area contributed by atoms with E-state index < -0.39 is 18.1 Å². The van der Waals surface area contributed by atoms with Crippen LogP contribution in [0.15, 0.2) is 72.8 Å². The maximum absolute atomic E-state index is 14.1. The van der Waals surface area contributed by atoms with Crippen molar-refractivity contribution >= 4 is 17.7 Å². The van der Waals surface area contributed by atoms with Gasteiger partial charge in [-0.15, -0.1) is 0 Å². The van der Waals surface area contributed by atoms with Gasteiger partial charge in [0.1, 0.15) is 29.6 Å². The first-order valence-electron chi connectivity index (χ1n) is 13.4. The molecule has 1 fully saturated rings. The van der Waals surface area contributed by atoms with Crippen LogP contribution >= 0.6 is 0 Å². The van der Waals surface area contributed by atoms with Crippen molar-refractivity contribution in [1.82, 2.24) is 15.1 Å². The first kappa shape index (κ1) is 26.3. The molecule has 5 rings (SSSR count). The molecule has 2 heterocycles. The van der Waals surface area contributed by atoms with Crippen LogP contribution in [0.3, 0.4) is 0 Å². The summed E-state index contributed by atoms with van der Waals surface area (Å²) < 4.78 is 0. The number of fused-ring (bicyclic) bond motifs is 2. The van der Waals surface area contributed by atoms with Crippen LogP contribution in [0.2, 0.25) is 0 Å². The number of carbonyl (C=O) groups is 3. The second kappa shape index (κ2) is 11.2. The van der Waals surface area contributed by atoms with Gasteiger partial charge in [-0.05, 0) is 59.4 Å². The molecule has 2 aliphatic rings. The zero-order chi connectivity index (χ0) is 27.5. The summed E-state index contributed by atoms with van der Waals surface area (Å²) in [5, 5.41) is 22.2. The van der Waals surface area contributed by atoms with E-state index in [9.17, 15) is 24.6 Å². The zero-order valence-electron chi connectivity index (χ0n) is 21.9. The standard InChI is InChI=1S/C31H33N3O5/c1-2-26(29(37)32-16-15-20-7-11-24(35)12-8-20)34-28(17-21-9-13-25(36)14-10-21)30(38)33-19-23-6-4-3-5-22(23)18-27(33)31(34)39/h3-14,26-28,35-36H,2,15-19H2,1H3,(H,32,37). The maximum Gasteiger partial charge on any atom is 0.247 e. The monoisotopic (exact) mass is 527 g/mol. The van der Waals surface area contributed by atoms with Crippen LogP contribution in [0.4, 0.5) is 0 Å². The molecule has 3 aromatic rings. The van der Waals surface area contributed by atoms with Crippen molar-refractivity contribution in [2.45, 2.75) is 57.3 Å². The number of nitrogens with zero attached hydrogens (tertiary/aromatic N) is 2. The maximum atomic E-state index is 14.1. The van der Waals surface area contributed by atoms with E-state index in [4.69, 9.17) is 0 Å². The SMILES string of the molecule is CCC(C(=O)NCCc1ccc(O)cc1)N1C(=O)C2Cc3ccccc3CN2C(=O)C1Cc1ccc(O)cc1. The molecule has 1 saturated heterocycles. The molecule has 202 valence electrons. The smallest absolute Gasteiger partial charge is 0.247 e. The topological polar surface area (TPSA) is 110 Å². The van der Waals surface area contributed by atoms with Crippen molar-refractivity contribution in [3.8, 4) is 11.5 Å². The van der Waals surface area contributed by atoms with E-state index in [1.165, 1.54) is 4.90 Å². The van der Waals surface area contributed by atoms with Gasteiger partial charge in [-0.25, -0.2) is 0 Å². The molecule has 0 spiro atoms. The lowest BCUT2D eigenvalue weighted by atomic mass is 9.87. The minimum atomic E-state index is -0.837.